The van der Waals surface area contributed by atoms with E-state index in [1.165, 1.54) is 17.4 Å². The third-order valence-electron chi connectivity index (χ3n) is 3.82. The zero-order valence-electron chi connectivity index (χ0n) is 13.5. The van der Waals surface area contributed by atoms with Crippen molar-refractivity contribution in [2.75, 3.05) is 5.32 Å². The molecule has 0 bridgehead atoms. The van der Waals surface area contributed by atoms with Crippen molar-refractivity contribution in [3.63, 3.8) is 0 Å². The van der Waals surface area contributed by atoms with Gasteiger partial charge in [-0.05, 0) is 41.1 Å². The molecule has 7 heteroatoms. The van der Waals surface area contributed by atoms with Gasteiger partial charge in [0.25, 0.3) is 0 Å². The number of rotatable bonds is 5. The molecule has 4 rings (SSSR count). The van der Waals surface area contributed by atoms with Gasteiger partial charge in [-0.15, -0.1) is 22.7 Å². The van der Waals surface area contributed by atoms with Gasteiger partial charge in [-0.3, -0.25) is 9.89 Å². The number of fused-ring (bicyclic) bond motifs is 1. The summed E-state index contributed by atoms with van der Waals surface area (Å²) in [6, 6.07) is 10.7. The Bertz CT molecular complexity index is 1070. The number of hydrogen-bond acceptors (Lipinski definition) is 4. The second-order valence-electron chi connectivity index (χ2n) is 5.64. The summed E-state index contributed by atoms with van der Waals surface area (Å²) in [5.41, 5.74) is 1.44. The second-order valence-corrected chi connectivity index (χ2v) is 7.65. The van der Waals surface area contributed by atoms with E-state index in [0.29, 0.717) is 11.2 Å². The number of nitrogens with one attached hydrogen (secondary N) is 2. The third kappa shape index (κ3) is 3.58. The first-order valence-corrected chi connectivity index (χ1v) is 9.66. The minimum Gasteiger partial charge on any atom is -0.323 e. The predicted molar refractivity (Wildman–Crippen MR) is 106 cm³/mol. The van der Waals surface area contributed by atoms with Crippen molar-refractivity contribution >= 4 is 57.3 Å². The fraction of sp³-hybridized carbons (Fsp3) is 0.0526. The molecule has 1 aromatic carbocycles. The molecule has 2 N–H and O–H groups in total. The van der Waals surface area contributed by atoms with Gasteiger partial charge in [-0.25, -0.2) is 4.39 Å². The summed E-state index contributed by atoms with van der Waals surface area (Å²) in [5.74, 6) is -0.737. The third-order valence-corrected chi connectivity index (χ3v) is 5.53. The zero-order chi connectivity index (χ0) is 17.9. The molecule has 130 valence electrons. The Morgan fingerprint density at radius 1 is 1.19 bits per heavy atom. The lowest BCUT2D eigenvalue weighted by Gasteiger charge is -2.06. The molecule has 0 spiro atoms. The van der Waals surface area contributed by atoms with Crippen LogP contribution < -0.4 is 5.32 Å². The van der Waals surface area contributed by atoms with E-state index in [0.717, 1.165) is 15.1 Å². The van der Waals surface area contributed by atoms with E-state index in [4.69, 9.17) is 0 Å². The van der Waals surface area contributed by atoms with E-state index in [2.05, 4.69) is 15.5 Å². The van der Waals surface area contributed by atoms with Crippen LogP contribution in [0.25, 0.3) is 23.1 Å². The zero-order valence-corrected chi connectivity index (χ0v) is 15.2. The second kappa shape index (κ2) is 7.23. The molecule has 0 saturated heterocycles. The maximum absolute atomic E-state index is 14.3. The molecule has 0 atom stereocenters. The largest absolute Gasteiger partial charge is 0.323 e. The minimum absolute atomic E-state index is 0.159. The van der Waals surface area contributed by atoms with E-state index in [-0.39, 0.29) is 18.0 Å². The quantitative estimate of drug-likeness (QED) is 0.499. The molecule has 26 heavy (non-hydrogen) atoms. The summed E-state index contributed by atoms with van der Waals surface area (Å²) >= 11 is 3.12. The summed E-state index contributed by atoms with van der Waals surface area (Å²) in [6.45, 7) is 0. The van der Waals surface area contributed by atoms with E-state index in [9.17, 15) is 9.18 Å². The number of thiophene rings is 2. The Kier molecular flexibility index (Phi) is 4.64. The van der Waals surface area contributed by atoms with Gasteiger partial charge in [-0.1, -0.05) is 12.1 Å². The number of H-pyrrole nitrogens is 1. The lowest BCUT2D eigenvalue weighted by Crippen LogP contribution is -2.14. The minimum atomic E-state index is -0.491. The van der Waals surface area contributed by atoms with E-state index in [1.807, 2.05) is 47.2 Å². The number of hydrogen-bond donors (Lipinski definition) is 2. The number of benzene rings is 1. The summed E-state index contributed by atoms with van der Waals surface area (Å²) in [6.07, 6.45) is 4.06. The molecule has 0 unspecified atom stereocenters. The van der Waals surface area contributed by atoms with E-state index in [1.54, 1.807) is 17.4 Å². The summed E-state index contributed by atoms with van der Waals surface area (Å²) < 4.78 is 14.3. The van der Waals surface area contributed by atoms with Crippen molar-refractivity contribution in [2.45, 2.75) is 6.42 Å². The van der Waals surface area contributed by atoms with E-state index < -0.39 is 5.82 Å². The molecule has 4 nitrogen and oxygen atoms in total. The lowest BCUT2D eigenvalue weighted by atomic mass is 10.1. The van der Waals surface area contributed by atoms with Gasteiger partial charge in [0.05, 0.1) is 23.3 Å². The van der Waals surface area contributed by atoms with Gasteiger partial charge >= 0.3 is 0 Å². The maximum Gasteiger partial charge on any atom is 0.229 e. The molecule has 0 aliphatic rings. The Morgan fingerprint density at radius 2 is 2.04 bits per heavy atom. The number of anilines is 1. The number of nitrogens with zero attached hydrogens (tertiary/aromatic N) is 1. The number of amides is 1. The van der Waals surface area contributed by atoms with Crippen molar-refractivity contribution in [1.29, 1.82) is 0 Å². The molecule has 0 aliphatic carbocycles. The van der Waals surface area contributed by atoms with Crippen LogP contribution in [0.15, 0.2) is 47.2 Å². The fourth-order valence-corrected chi connectivity index (χ4v) is 3.92. The van der Waals surface area contributed by atoms with Gasteiger partial charge < -0.3 is 5.32 Å². The van der Waals surface area contributed by atoms with Crippen LogP contribution in [0.4, 0.5) is 10.1 Å². The van der Waals surface area contributed by atoms with Gasteiger partial charge in [0, 0.05) is 21.2 Å². The number of aromatic nitrogens is 2. The molecule has 0 fully saturated rings. The topological polar surface area (TPSA) is 57.8 Å². The summed E-state index contributed by atoms with van der Waals surface area (Å²) in [4.78, 5) is 14.2. The number of aromatic amines is 1. The first-order valence-electron chi connectivity index (χ1n) is 7.90. The smallest absolute Gasteiger partial charge is 0.229 e. The van der Waals surface area contributed by atoms with Crippen LogP contribution in [0.5, 0.6) is 0 Å². The van der Waals surface area contributed by atoms with Crippen LogP contribution >= 0.6 is 22.7 Å². The standard InChI is InChI=1S/C19H14FN3OS2/c20-15-11-17-14(16(22-23-17)6-5-12-3-1-7-25-12)10-18(15)21-19(24)9-13-4-2-8-26-13/h1-8,10-11H,9H2,(H,21,24)(H,22,23). The van der Waals surface area contributed by atoms with Crippen LogP contribution in [0.3, 0.4) is 0 Å². The van der Waals surface area contributed by atoms with Crippen molar-refractivity contribution in [3.8, 4) is 0 Å². The van der Waals surface area contributed by atoms with Gasteiger partial charge in [0.15, 0.2) is 0 Å². The van der Waals surface area contributed by atoms with Crippen LogP contribution in [0, 0.1) is 5.82 Å². The van der Waals surface area contributed by atoms with Crippen LogP contribution in [0.1, 0.15) is 15.4 Å². The Balaban J connectivity index is 1.60. The van der Waals surface area contributed by atoms with Gasteiger partial charge in [0.1, 0.15) is 5.82 Å². The summed E-state index contributed by atoms with van der Waals surface area (Å²) in [5, 5.41) is 14.4. The Morgan fingerprint density at radius 3 is 2.81 bits per heavy atom. The average Bonchev–Trinajstić information content (AvgIpc) is 3.35. The normalized spacial score (nSPS) is 11.4. The molecule has 3 heterocycles. The fourth-order valence-electron chi connectivity index (χ4n) is 2.59. The van der Waals surface area contributed by atoms with Crippen molar-refractivity contribution in [2.24, 2.45) is 0 Å². The Hall–Kier alpha value is -2.77. The highest BCUT2D eigenvalue weighted by Gasteiger charge is 2.12. The van der Waals surface area contributed by atoms with Gasteiger partial charge in [0.2, 0.25) is 5.91 Å². The first-order chi connectivity index (χ1) is 12.7. The van der Waals surface area contributed by atoms with Crippen molar-refractivity contribution in [1.82, 2.24) is 10.2 Å². The SMILES string of the molecule is O=C(Cc1cccs1)Nc1cc2c(C=Cc3cccs3)n[nH]c2cc1F. The monoisotopic (exact) mass is 383 g/mol. The average molecular weight is 383 g/mol. The molecule has 1 amide bonds. The molecule has 3 aromatic heterocycles. The predicted octanol–water partition coefficient (Wildman–Crippen LogP) is 5.18. The molecular formula is C19H14FN3OS2. The van der Waals surface area contributed by atoms with Crippen molar-refractivity contribution in [3.05, 3.63) is 68.4 Å². The lowest BCUT2D eigenvalue weighted by molar-refractivity contribution is -0.115. The van der Waals surface area contributed by atoms with Crippen LogP contribution in [-0.2, 0) is 11.2 Å². The number of halogens is 1. The van der Waals surface area contributed by atoms with Crippen LogP contribution in [-0.4, -0.2) is 16.1 Å². The highest BCUT2D eigenvalue weighted by Crippen LogP contribution is 2.26. The first kappa shape index (κ1) is 16.7. The molecule has 0 radical (unpaired) electrons. The highest BCUT2D eigenvalue weighted by molar-refractivity contribution is 7.11. The highest BCUT2D eigenvalue weighted by atomic mass is 32.1. The maximum atomic E-state index is 14.3. The van der Waals surface area contributed by atoms with Crippen LogP contribution in [0.2, 0.25) is 0 Å². The molecule has 0 aliphatic heterocycles. The number of carbonyl (C=O) groups is 1. The molecule has 0 saturated carbocycles. The Labute approximate surface area is 157 Å². The molecular weight excluding hydrogens is 369 g/mol. The van der Waals surface area contributed by atoms with E-state index >= 15 is 0 Å². The van der Waals surface area contributed by atoms with Crippen molar-refractivity contribution < 1.29 is 9.18 Å². The number of carbonyl (C=O) groups excluding carboxylic acids is 1. The van der Waals surface area contributed by atoms with Gasteiger partial charge in [-0.2, -0.15) is 5.10 Å². The summed E-state index contributed by atoms with van der Waals surface area (Å²) in [7, 11) is 0. The molecule has 4 aromatic rings.